The third kappa shape index (κ3) is 4.70. The molecule has 7 heteroatoms. The minimum atomic E-state index is -0.336. The summed E-state index contributed by atoms with van der Waals surface area (Å²) in [7, 11) is 0. The summed E-state index contributed by atoms with van der Waals surface area (Å²) in [4.78, 5) is 24.5. The monoisotopic (exact) mass is 473 g/mol. The Morgan fingerprint density at radius 3 is 2.74 bits per heavy atom. The van der Waals surface area contributed by atoms with E-state index >= 15 is 0 Å². The molecule has 2 fully saturated rings. The molecule has 1 atom stereocenters. The van der Waals surface area contributed by atoms with Gasteiger partial charge in [0, 0.05) is 56.1 Å². The van der Waals surface area contributed by atoms with Gasteiger partial charge in [-0.2, -0.15) is 0 Å². The predicted octanol–water partition coefficient (Wildman–Crippen LogP) is 5.23. The number of nitrogens with zero attached hydrogens (tertiary/aromatic N) is 2. The van der Waals surface area contributed by atoms with E-state index in [0.29, 0.717) is 19.7 Å². The summed E-state index contributed by atoms with van der Waals surface area (Å²) in [5.74, 6) is 0.955. The van der Waals surface area contributed by atoms with Gasteiger partial charge in [0.1, 0.15) is 11.4 Å². The molecule has 1 N–H and O–H groups in total. The number of pyridine rings is 1. The second-order valence-corrected chi connectivity index (χ2v) is 9.83. The van der Waals surface area contributed by atoms with Crippen molar-refractivity contribution in [2.24, 2.45) is 0 Å². The highest BCUT2D eigenvalue weighted by Gasteiger charge is 2.40. The number of aryl methyl sites for hydroxylation is 1. The lowest BCUT2D eigenvalue weighted by molar-refractivity contribution is -0.188. The van der Waals surface area contributed by atoms with Crippen LogP contribution in [0.1, 0.15) is 44.1 Å². The van der Waals surface area contributed by atoms with Crippen molar-refractivity contribution >= 4 is 16.8 Å². The number of piperidine rings is 1. The van der Waals surface area contributed by atoms with Crippen LogP contribution in [0.25, 0.3) is 22.0 Å². The molecule has 1 spiro atoms. The van der Waals surface area contributed by atoms with Gasteiger partial charge in [-0.3, -0.25) is 4.98 Å². The largest absolute Gasteiger partial charge is 0.487 e. The van der Waals surface area contributed by atoms with Crippen molar-refractivity contribution in [2.75, 3.05) is 19.7 Å². The summed E-state index contributed by atoms with van der Waals surface area (Å²) in [5, 5.41) is 2.34. The third-order valence-electron chi connectivity index (χ3n) is 7.54. The zero-order chi connectivity index (χ0) is 23.7. The van der Waals surface area contributed by atoms with Crippen LogP contribution in [0.4, 0.5) is 4.79 Å². The predicted molar refractivity (Wildman–Crippen MR) is 133 cm³/mol. The topological polar surface area (TPSA) is 72.9 Å². The van der Waals surface area contributed by atoms with Gasteiger partial charge in [-0.25, -0.2) is 15.1 Å². The molecule has 3 aromatic rings. The van der Waals surface area contributed by atoms with Gasteiger partial charge in [0.2, 0.25) is 0 Å². The van der Waals surface area contributed by atoms with Crippen LogP contribution in [0.3, 0.4) is 0 Å². The molecular weight excluding hydrogens is 442 g/mol. The SMILES string of the molecule is O=C(NOC1CCCCO1)N1CCC2(CCc3cc(-c4cc5ccccc5cn4)ccc3O2)CC1. The highest BCUT2D eigenvalue weighted by molar-refractivity contribution is 5.85. The summed E-state index contributed by atoms with van der Waals surface area (Å²) in [6.07, 6.45) is 8.07. The van der Waals surface area contributed by atoms with E-state index in [2.05, 4.69) is 52.9 Å². The van der Waals surface area contributed by atoms with Crippen molar-refractivity contribution in [3.05, 3.63) is 60.3 Å². The number of nitrogens with one attached hydrogen (secondary N) is 1. The molecule has 2 saturated heterocycles. The lowest BCUT2D eigenvalue weighted by atomic mass is 9.83. The molecule has 0 radical (unpaired) electrons. The lowest BCUT2D eigenvalue weighted by Gasteiger charge is -2.44. The standard InChI is InChI=1S/C28H31N3O4/c32-27(30-35-26-7-3-4-16-33-26)31-14-12-28(13-15-31)11-10-22-17-21(8-9-25(22)34-28)24-18-20-5-1-2-6-23(20)19-29-24/h1-2,5-6,8-9,17-19,26H,3-4,7,10-16H2,(H,30,32). The van der Waals surface area contributed by atoms with Crippen LogP contribution in [0, 0.1) is 0 Å². The number of carbonyl (C=O) groups is 1. The Balaban J connectivity index is 1.08. The molecule has 3 aliphatic heterocycles. The summed E-state index contributed by atoms with van der Waals surface area (Å²) in [5.41, 5.74) is 5.69. The van der Waals surface area contributed by atoms with Crippen LogP contribution in [0.2, 0.25) is 0 Å². The number of hydroxylamine groups is 1. The van der Waals surface area contributed by atoms with Crippen LogP contribution < -0.4 is 10.2 Å². The number of hydrogen-bond donors (Lipinski definition) is 1. The Hall–Kier alpha value is -3.16. The van der Waals surface area contributed by atoms with Crippen LogP contribution >= 0.6 is 0 Å². The molecule has 0 aliphatic carbocycles. The van der Waals surface area contributed by atoms with E-state index < -0.39 is 0 Å². The van der Waals surface area contributed by atoms with Crippen molar-refractivity contribution in [3.63, 3.8) is 0 Å². The number of likely N-dealkylation sites (tertiary alicyclic amines) is 1. The molecule has 7 nitrogen and oxygen atoms in total. The first-order chi connectivity index (χ1) is 17.2. The molecule has 4 heterocycles. The van der Waals surface area contributed by atoms with Crippen molar-refractivity contribution < 1.29 is 19.1 Å². The van der Waals surface area contributed by atoms with E-state index in [1.165, 1.54) is 10.9 Å². The lowest BCUT2D eigenvalue weighted by Crippen LogP contribution is -2.53. The molecule has 3 aliphatic rings. The molecule has 2 amide bonds. The molecule has 2 aromatic carbocycles. The molecule has 182 valence electrons. The van der Waals surface area contributed by atoms with Crippen molar-refractivity contribution in [1.29, 1.82) is 0 Å². The van der Waals surface area contributed by atoms with Gasteiger partial charge in [-0.15, -0.1) is 0 Å². The van der Waals surface area contributed by atoms with Gasteiger partial charge in [0.05, 0.1) is 5.69 Å². The maximum atomic E-state index is 12.6. The number of urea groups is 1. The first kappa shape index (κ1) is 22.3. The minimum Gasteiger partial charge on any atom is -0.487 e. The molecule has 0 saturated carbocycles. The maximum Gasteiger partial charge on any atom is 0.341 e. The van der Waals surface area contributed by atoms with E-state index in [9.17, 15) is 4.79 Å². The average Bonchev–Trinajstić information content (AvgIpc) is 2.92. The number of carbonyl (C=O) groups excluding carboxylic acids is 1. The zero-order valence-electron chi connectivity index (χ0n) is 19.9. The molecular formula is C28H31N3O4. The first-order valence-electron chi connectivity index (χ1n) is 12.7. The Kier molecular flexibility index (Phi) is 6.04. The Labute approximate surface area is 205 Å². The van der Waals surface area contributed by atoms with Crippen LogP contribution in [-0.2, 0) is 16.0 Å². The second-order valence-electron chi connectivity index (χ2n) is 9.83. The number of hydrogen-bond acceptors (Lipinski definition) is 5. The van der Waals surface area contributed by atoms with Crippen molar-refractivity contribution in [2.45, 2.75) is 56.8 Å². The molecule has 1 aromatic heterocycles. The number of amides is 2. The first-order valence-corrected chi connectivity index (χ1v) is 12.7. The van der Waals surface area contributed by atoms with Gasteiger partial charge in [-0.05, 0) is 60.9 Å². The quantitative estimate of drug-likeness (QED) is 0.528. The summed E-state index contributed by atoms with van der Waals surface area (Å²) < 4.78 is 12.1. The Morgan fingerprint density at radius 1 is 1.06 bits per heavy atom. The minimum absolute atomic E-state index is 0.197. The van der Waals surface area contributed by atoms with Gasteiger partial charge >= 0.3 is 6.03 Å². The van der Waals surface area contributed by atoms with Gasteiger partial charge in [0.25, 0.3) is 0 Å². The normalized spacial score (nSPS) is 21.4. The maximum absolute atomic E-state index is 12.6. The number of aromatic nitrogens is 1. The van der Waals surface area contributed by atoms with Gasteiger partial charge < -0.3 is 14.4 Å². The second kappa shape index (κ2) is 9.47. The van der Waals surface area contributed by atoms with E-state index in [1.54, 1.807) is 4.90 Å². The van der Waals surface area contributed by atoms with E-state index in [0.717, 1.165) is 67.3 Å². The van der Waals surface area contributed by atoms with Gasteiger partial charge in [-0.1, -0.05) is 24.3 Å². The summed E-state index contributed by atoms with van der Waals surface area (Å²) in [6.45, 7) is 1.98. The molecule has 0 bridgehead atoms. The van der Waals surface area contributed by atoms with E-state index in [1.807, 2.05) is 12.3 Å². The van der Waals surface area contributed by atoms with Crippen LogP contribution in [0.15, 0.2) is 54.7 Å². The van der Waals surface area contributed by atoms with Crippen molar-refractivity contribution in [1.82, 2.24) is 15.4 Å². The third-order valence-corrected chi connectivity index (χ3v) is 7.54. The molecule has 1 unspecified atom stereocenters. The number of benzene rings is 2. The van der Waals surface area contributed by atoms with Crippen LogP contribution in [-0.4, -0.2) is 47.5 Å². The smallest absolute Gasteiger partial charge is 0.341 e. The molecule has 35 heavy (non-hydrogen) atoms. The van der Waals surface area contributed by atoms with E-state index in [4.69, 9.17) is 14.3 Å². The Bertz CT molecular complexity index is 1220. The highest BCUT2D eigenvalue weighted by Crippen LogP contribution is 2.40. The number of rotatable bonds is 3. The molecule has 6 rings (SSSR count). The zero-order valence-corrected chi connectivity index (χ0v) is 19.9. The van der Waals surface area contributed by atoms with Crippen LogP contribution in [0.5, 0.6) is 5.75 Å². The summed E-state index contributed by atoms with van der Waals surface area (Å²) in [6, 6.07) is 16.6. The highest BCUT2D eigenvalue weighted by atomic mass is 16.8. The fourth-order valence-electron chi connectivity index (χ4n) is 5.38. The fourth-order valence-corrected chi connectivity index (χ4v) is 5.38. The average molecular weight is 474 g/mol. The summed E-state index contributed by atoms with van der Waals surface area (Å²) >= 11 is 0. The fraction of sp³-hybridized carbons (Fsp3) is 0.429. The number of fused-ring (bicyclic) bond motifs is 2. The van der Waals surface area contributed by atoms with E-state index in [-0.39, 0.29) is 17.9 Å². The Morgan fingerprint density at radius 2 is 1.91 bits per heavy atom. The van der Waals surface area contributed by atoms with Crippen molar-refractivity contribution in [3.8, 4) is 17.0 Å². The number of ether oxygens (including phenoxy) is 2. The van der Waals surface area contributed by atoms with Gasteiger partial charge in [0.15, 0.2) is 6.29 Å².